The maximum atomic E-state index is 13.2. The smallest absolute Gasteiger partial charge is 0.319 e. The van der Waals surface area contributed by atoms with Crippen LogP contribution in [0.3, 0.4) is 0 Å². The Morgan fingerprint density at radius 3 is 2.44 bits per heavy atom. The normalized spacial score (nSPS) is 14.5. The van der Waals surface area contributed by atoms with E-state index >= 15 is 0 Å². The van der Waals surface area contributed by atoms with Gasteiger partial charge in [-0.3, -0.25) is 4.79 Å². The van der Waals surface area contributed by atoms with Gasteiger partial charge in [0.15, 0.2) is 0 Å². The number of rotatable bonds is 10. The highest BCUT2D eigenvalue weighted by molar-refractivity contribution is 7.18. The van der Waals surface area contributed by atoms with Crippen LogP contribution in [-0.4, -0.2) is 76.5 Å². The van der Waals surface area contributed by atoms with Crippen molar-refractivity contribution in [3.63, 3.8) is 0 Å². The van der Waals surface area contributed by atoms with Gasteiger partial charge in [-0.2, -0.15) is 9.97 Å². The summed E-state index contributed by atoms with van der Waals surface area (Å²) in [6.45, 7) is 4.77. The van der Waals surface area contributed by atoms with Crippen molar-refractivity contribution in [3.8, 4) is 17.1 Å². The van der Waals surface area contributed by atoms with Gasteiger partial charge in [-0.25, -0.2) is 0 Å². The molecule has 1 amide bonds. The number of fused-ring (bicyclic) bond motifs is 1. The Morgan fingerprint density at radius 2 is 1.74 bits per heavy atom. The SMILES string of the molecule is CCc1cc2c(N3CCN(C(=O)c4ccc(-c5ccccc5)cc4)CC3)nc(OCCC[C@H](O)CO)nc2s1. The third-order valence-electron chi connectivity index (χ3n) is 6.98. The lowest BCUT2D eigenvalue weighted by atomic mass is 10.0. The molecule has 3 heterocycles. The van der Waals surface area contributed by atoms with Gasteiger partial charge in [0.2, 0.25) is 0 Å². The first kappa shape index (κ1) is 27.1. The van der Waals surface area contributed by atoms with Gasteiger partial charge in [0.25, 0.3) is 5.91 Å². The Labute approximate surface area is 232 Å². The van der Waals surface area contributed by atoms with E-state index in [-0.39, 0.29) is 12.5 Å². The fourth-order valence-electron chi connectivity index (χ4n) is 4.73. The zero-order chi connectivity index (χ0) is 27.2. The molecule has 2 aromatic carbocycles. The van der Waals surface area contributed by atoms with Crippen LogP contribution in [0.1, 0.15) is 35.0 Å². The molecule has 1 aliphatic rings. The van der Waals surface area contributed by atoms with Crippen molar-refractivity contribution in [1.82, 2.24) is 14.9 Å². The van der Waals surface area contributed by atoms with E-state index < -0.39 is 6.10 Å². The molecule has 9 heteroatoms. The Hall–Kier alpha value is -3.53. The number of aliphatic hydroxyl groups is 2. The third kappa shape index (κ3) is 6.38. The number of carbonyl (C=O) groups is 1. The van der Waals surface area contributed by atoms with Crippen LogP contribution < -0.4 is 9.64 Å². The van der Waals surface area contributed by atoms with E-state index in [9.17, 15) is 9.90 Å². The fraction of sp³-hybridized carbons (Fsp3) is 0.367. The van der Waals surface area contributed by atoms with Crippen LogP contribution >= 0.6 is 11.3 Å². The van der Waals surface area contributed by atoms with Crippen molar-refractivity contribution in [1.29, 1.82) is 0 Å². The molecule has 5 rings (SSSR count). The van der Waals surface area contributed by atoms with Crippen molar-refractivity contribution in [2.24, 2.45) is 0 Å². The van der Waals surface area contributed by atoms with E-state index in [2.05, 4.69) is 35.0 Å². The number of benzene rings is 2. The molecule has 39 heavy (non-hydrogen) atoms. The minimum Gasteiger partial charge on any atom is -0.463 e. The van der Waals surface area contributed by atoms with E-state index in [1.54, 1.807) is 11.3 Å². The highest BCUT2D eigenvalue weighted by Gasteiger charge is 2.25. The second kappa shape index (κ2) is 12.5. The highest BCUT2D eigenvalue weighted by atomic mass is 32.1. The number of piperazine rings is 1. The van der Waals surface area contributed by atoms with E-state index in [1.807, 2.05) is 47.4 Å². The summed E-state index contributed by atoms with van der Waals surface area (Å²) in [6.07, 6.45) is 1.23. The number of ether oxygens (including phenoxy) is 1. The highest BCUT2D eigenvalue weighted by Crippen LogP contribution is 2.33. The maximum Gasteiger partial charge on any atom is 0.319 e. The standard InChI is InChI=1S/C30H34N4O4S/c1-2-25-19-26-27(31-30(32-28(26)39-25)38-18-6-9-24(36)20-35)33-14-16-34(17-15-33)29(37)23-12-10-22(11-13-23)21-7-4-3-5-8-21/h3-5,7-8,10-13,19,24,35-36H,2,6,9,14-18,20H2,1H3/t24-/m0/s1. The molecule has 1 fully saturated rings. The monoisotopic (exact) mass is 546 g/mol. The van der Waals surface area contributed by atoms with Crippen molar-refractivity contribution in [2.75, 3.05) is 44.3 Å². The number of aromatic nitrogens is 2. The van der Waals surface area contributed by atoms with Gasteiger partial charge in [-0.1, -0.05) is 49.4 Å². The number of aryl methyl sites for hydroxylation is 1. The summed E-state index contributed by atoms with van der Waals surface area (Å²) in [5.74, 6) is 0.876. The lowest BCUT2D eigenvalue weighted by molar-refractivity contribution is 0.0746. The first-order chi connectivity index (χ1) is 19.1. The number of thiophene rings is 1. The van der Waals surface area contributed by atoms with Gasteiger partial charge >= 0.3 is 6.01 Å². The minimum absolute atomic E-state index is 0.0417. The Morgan fingerprint density at radius 1 is 1.03 bits per heavy atom. The van der Waals surface area contributed by atoms with Gasteiger partial charge in [0.1, 0.15) is 10.6 Å². The average Bonchev–Trinajstić information content (AvgIpc) is 3.42. The molecule has 0 unspecified atom stereocenters. The topological polar surface area (TPSA) is 99.0 Å². The summed E-state index contributed by atoms with van der Waals surface area (Å²) in [5.41, 5.74) is 2.92. The first-order valence-electron chi connectivity index (χ1n) is 13.5. The summed E-state index contributed by atoms with van der Waals surface area (Å²) in [5, 5.41) is 19.6. The molecule has 1 saturated heterocycles. The number of hydrogen-bond acceptors (Lipinski definition) is 8. The lowest BCUT2D eigenvalue weighted by Gasteiger charge is -2.35. The summed E-state index contributed by atoms with van der Waals surface area (Å²) in [4.78, 5) is 28.9. The van der Waals surface area contributed by atoms with Crippen LogP contribution in [0.25, 0.3) is 21.3 Å². The van der Waals surface area contributed by atoms with Gasteiger partial charge in [-0.15, -0.1) is 11.3 Å². The zero-order valence-corrected chi connectivity index (χ0v) is 22.9. The Kier molecular flexibility index (Phi) is 8.71. The van der Waals surface area contributed by atoms with Gasteiger partial charge < -0.3 is 24.7 Å². The van der Waals surface area contributed by atoms with Crippen LogP contribution in [0.15, 0.2) is 60.7 Å². The molecular weight excluding hydrogens is 512 g/mol. The number of nitrogens with zero attached hydrogens (tertiary/aromatic N) is 4. The first-order valence-corrected chi connectivity index (χ1v) is 14.3. The number of aliphatic hydroxyl groups excluding tert-OH is 2. The molecule has 2 N–H and O–H groups in total. The molecule has 0 spiro atoms. The number of carbonyl (C=O) groups excluding carboxylic acids is 1. The summed E-state index contributed by atoms with van der Waals surface area (Å²) >= 11 is 1.64. The van der Waals surface area contributed by atoms with E-state index in [4.69, 9.17) is 14.8 Å². The minimum atomic E-state index is -0.738. The van der Waals surface area contributed by atoms with Crippen LogP contribution in [0, 0.1) is 0 Å². The molecule has 1 atom stereocenters. The molecule has 2 aromatic heterocycles. The largest absolute Gasteiger partial charge is 0.463 e. The quantitative estimate of drug-likeness (QED) is 0.285. The average molecular weight is 547 g/mol. The second-order valence-electron chi connectivity index (χ2n) is 9.66. The number of hydrogen-bond donors (Lipinski definition) is 2. The molecule has 0 saturated carbocycles. The summed E-state index contributed by atoms with van der Waals surface area (Å²) in [6, 6.07) is 20.4. The molecular formula is C30H34N4O4S. The number of anilines is 1. The molecule has 0 bridgehead atoms. The van der Waals surface area contributed by atoms with Crippen LogP contribution in [0.5, 0.6) is 6.01 Å². The predicted octanol–water partition coefficient (Wildman–Crippen LogP) is 4.40. The van der Waals surface area contributed by atoms with Crippen LogP contribution in [0.4, 0.5) is 5.82 Å². The molecule has 1 aliphatic heterocycles. The number of amides is 1. The predicted molar refractivity (Wildman–Crippen MR) is 155 cm³/mol. The van der Waals surface area contributed by atoms with Crippen LogP contribution in [0.2, 0.25) is 0 Å². The van der Waals surface area contributed by atoms with Crippen molar-refractivity contribution in [3.05, 3.63) is 71.1 Å². The van der Waals surface area contributed by atoms with Gasteiger partial charge in [-0.05, 0) is 48.6 Å². The van der Waals surface area contributed by atoms with Crippen LogP contribution in [-0.2, 0) is 6.42 Å². The van der Waals surface area contributed by atoms with E-state index in [0.29, 0.717) is 57.2 Å². The summed E-state index contributed by atoms with van der Waals surface area (Å²) in [7, 11) is 0. The molecule has 0 radical (unpaired) electrons. The third-order valence-corrected chi connectivity index (χ3v) is 8.15. The van der Waals surface area contributed by atoms with Crippen molar-refractivity contribution < 1.29 is 19.7 Å². The molecule has 204 valence electrons. The fourth-order valence-corrected chi connectivity index (χ4v) is 5.68. The summed E-state index contributed by atoms with van der Waals surface area (Å²) < 4.78 is 5.84. The molecule has 0 aliphatic carbocycles. The second-order valence-corrected chi connectivity index (χ2v) is 10.8. The Balaban J connectivity index is 1.26. The van der Waals surface area contributed by atoms with Gasteiger partial charge in [0, 0.05) is 36.6 Å². The van der Waals surface area contributed by atoms with Gasteiger partial charge in [0.05, 0.1) is 24.7 Å². The van der Waals surface area contributed by atoms with Crippen molar-refractivity contribution >= 4 is 33.3 Å². The van der Waals surface area contributed by atoms with E-state index in [1.165, 1.54) is 4.88 Å². The maximum absolute atomic E-state index is 13.2. The van der Waals surface area contributed by atoms with E-state index in [0.717, 1.165) is 33.6 Å². The molecule has 4 aromatic rings. The lowest BCUT2D eigenvalue weighted by Crippen LogP contribution is -2.49. The van der Waals surface area contributed by atoms with Crippen molar-refractivity contribution in [2.45, 2.75) is 32.3 Å². The Bertz CT molecular complexity index is 1390. The zero-order valence-electron chi connectivity index (χ0n) is 22.1. The molecule has 8 nitrogen and oxygen atoms in total.